The second-order valence-corrected chi connectivity index (χ2v) is 3.45. The van der Waals surface area contributed by atoms with Gasteiger partial charge in [0.2, 0.25) is 0 Å². The van der Waals surface area contributed by atoms with Crippen LogP contribution < -0.4 is 0 Å². The Labute approximate surface area is 78.2 Å². The molecule has 78 valence electrons. The van der Waals surface area contributed by atoms with Crippen LogP contribution >= 0.6 is 0 Å². The minimum absolute atomic E-state index is 0.406. The molecule has 0 aromatic heterocycles. The summed E-state index contributed by atoms with van der Waals surface area (Å²) in [6.45, 7) is 4.88. The van der Waals surface area contributed by atoms with Crippen LogP contribution in [-0.4, -0.2) is 33.5 Å². The van der Waals surface area contributed by atoms with Crippen LogP contribution in [0, 0.1) is 11.8 Å². The zero-order chi connectivity index (χ0) is 10.6. The number of carbonyl (C=O) groups is 1. The molecule has 0 fully saturated rings. The first kappa shape index (κ1) is 12.4. The summed E-state index contributed by atoms with van der Waals surface area (Å²) < 4.78 is 0. The van der Waals surface area contributed by atoms with Crippen molar-refractivity contribution in [1.82, 2.24) is 0 Å². The molecule has 0 aliphatic heterocycles. The molecule has 0 rings (SSSR count). The molecule has 0 aromatic carbocycles. The standard InChI is InChI=1S/C9H18O4/c1-4-7(10)5(2)8(11)6(3)9(12)13/h5-8,10-11H,4H2,1-3H3,(H,12,13)/t5-,6-,7-,8+/m1/s1. The summed E-state index contributed by atoms with van der Waals surface area (Å²) in [7, 11) is 0. The van der Waals surface area contributed by atoms with Crippen molar-refractivity contribution in [3.63, 3.8) is 0 Å². The fraction of sp³-hybridized carbons (Fsp3) is 0.889. The summed E-state index contributed by atoms with van der Waals surface area (Å²) >= 11 is 0. The minimum atomic E-state index is -1.04. The van der Waals surface area contributed by atoms with Gasteiger partial charge in [-0.05, 0) is 13.3 Å². The number of aliphatic hydroxyl groups is 2. The Hall–Kier alpha value is -0.610. The first-order chi connectivity index (χ1) is 5.91. The Morgan fingerprint density at radius 2 is 1.77 bits per heavy atom. The topological polar surface area (TPSA) is 77.8 Å². The Morgan fingerprint density at radius 3 is 2.08 bits per heavy atom. The molecule has 4 nitrogen and oxygen atoms in total. The second-order valence-electron chi connectivity index (χ2n) is 3.45. The SMILES string of the molecule is CC[C@@H](O)[C@@H](C)[C@H](O)[C@@H](C)C(=O)O. The van der Waals surface area contributed by atoms with Gasteiger partial charge in [-0.3, -0.25) is 4.79 Å². The highest BCUT2D eigenvalue weighted by molar-refractivity contribution is 5.70. The summed E-state index contributed by atoms with van der Waals surface area (Å²) in [6.07, 6.45) is -1.12. The molecular formula is C9H18O4. The Morgan fingerprint density at radius 1 is 1.31 bits per heavy atom. The highest BCUT2D eigenvalue weighted by Crippen LogP contribution is 2.18. The average Bonchev–Trinajstić information content (AvgIpc) is 2.12. The maximum absolute atomic E-state index is 10.5. The van der Waals surface area contributed by atoms with Gasteiger partial charge in [0, 0.05) is 5.92 Å². The molecule has 0 radical (unpaired) electrons. The maximum Gasteiger partial charge on any atom is 0.308 e. The van der Waals surface area contributed by atoms with Gasteiger partial charge in [-0.2, -0.15) is 0 Å². The summed E-state index contributed by atoms with van der Waals surface area (Å²) in [5.41, 5.74) is 0. The van der Waals surface area contributed by atoms with Gasteiger partial charge in [0.25, 0.3) is 0 Å². The van der Waals surface area contributed by atoms with Crippen molar-refractivity contribution in [1.29, 1.82) is 0 Å². The van der Waals surface area contributed by atoms with Gasteiger partial charge >= 0.3 is 5.97 Å². The van der Waals surface area contributed by atoms with E-state index in [1.165, 1.54) is 6.92 Å². The lowest BCUT2D eigenvalue weighted by Crippen LogP contribution is -2.37. The van der Waals surface area contributed by atoms with Gasteiger partial charge < -0.3 is 15.3 Å². The molecule has 0 aliphatic rings. The fourth-order valence-corrected chi connectivity index (χ4v) is 1.20. The normalized spacial score (nSPS) is 20.4. The summed E-state index contributed by atoms with van der Waals surface area (Å²) in [5, 5.41) is 27.5. The monoisotopic (exact) mass is 190 g/mol. The number of rotatable bonds is 5. The van der Waals surface area contributed by atoms with E-state index in [0.29, 0.717) is 6.42 Å². The molecule has 0 unspecified atom stereocenters. The van der Waals surface area contributed by atoms with Gasteiger partial charge in [0.15, 0.2) is 0 Å². The average molecular weight is 190 g/mol. The Kier molecular flexibility index (Phi) is 4.95. The van der Waals surface area contributed by atoms with Gasteiger partial charge in [-0.25, -0.2) is 0 Å². The van der Waals surface area contributed by atoms with E-state index in [1.54, 1.807) is 13.8 Å². The van der Waals surface area contributed by atoms with Gasteiger partial charge in [-0.15, -0.1) is 0 Å². The van der Waals surface area contributed by atoms with E-state index in [1.807, 2.05) is 0 Å². The number of hydrogen-bond donors (Lipinski definition) is 3. The van der Waals surface area contributed by atoms with Crippen LogP contribution in [0.1, 0.15) is 27.2 Å². The number of aliphatic carboxylic acids is 1. The van der Waals surface area contributed by atoms with Crippen molar-refractivity contribution in [2.45, 2.75) is 39.4 Å². The molecule has 4 atom stereocenters. The molecule has 0 saturated carbocycles. The van der Waals surface area contributed by atoms with Crippen LogP contribution in [0.2, 0.25) is 0 Å². The smallest absolute Gasteiger partial charge is 0.308 e. The van der Waals surface area contributed by atoms with Crippen molar-refractivity contribution >= 4 is 5.97 Å². The van der Waals surface area contributed by atoms with Gasteiger partial charge in [0.05, 0.1) is 18.1 Å². The van der Waals surface area contributed by atoms with E-state index in [-0.39, 0.29) is 0 Å². The third kappa shape index (κ3) is 3.32. The van der Waals surface area contributed by atoms with Crippen LogP contribution in [0.5, 0.6) is 0 Å². The highest BCUT2D eigenvalue weighted by atomic mass is 16.4. The number of hydrogen-bond acceptors (Lipinski definition) is 3. The highest BCUT2D eigenvalue weighted by Gasteiger charge is 2.29. The molecule has 4 heteroatoms. The lowest BCUT2D eigenvalue weighted by atomic mass is 9.88. The number of aliphatic hydroxyl groups excluding tert-OH is 2. The molecule has 0 heterocycles. The van der Waals surface area contributed by atoms with E-state index in [4.69, 9.17) is 5.11 Å². The quantitative estimate of drug-likeness (QED) is 0.589. The van der Waals surface area contributed by atoms with Crippen molar-refractivity contribution < 1.29 is 20.1 Å². The van der Waals surface area contributed by atoms with Crippen molar-refractivity contribution in [2.24, 2.45) is 11.8 Å². The van der Waals surface area contributed by atoms with E-state index in [9.17, 15) is 15.0 Å². The lowest BCUT2D eigenvalue weighted by molar-refractivity contribution is -0.147. The summed E-state index contributed by atoms with van der Waals surface area (Å²) in [4.78, 5) is 10.5. The molecular weight excluding hydrogens is 172 g/mol. The molecule has 0 bridgehead atoms. The van der Waals surface area contributed by atoms with Crippen LogP contribution in [0.15, 0.2) is 0 Å². The zero-order valence-corrected chi connectivity index (χ0v) is 8.27. The largest absolute Gasteiger partial charge is 0.481 e. The van der Waals surface area contributed by atoms with E-state index < -0.39 is 30.0 Å². The maximum atomic E-state index is 10.5. The first-order valence-electron chi connectivity index (χ1n) is 4.50. The van der Waals surface area contributed by atoms with Crippen molar-refractivity contribution in [3.05, 3.63) is 0 Å². The third-order valence-electron chi connectivity index (χ3n) is 2.47. The number of carboxylic acids is 1. The first-order valence-corrected chi connectivity index (χ1v) is 4.50. The second kappa shape index (κ2) is 5.19. The summed E-state index contributed by atoms with van der Waals surface area (Å²) in [6, 6.07) is 0. The van der Waals surface area contributed by atoms with Crippen LogP contribution in [0.4, 0.5) is 0 Å². The zero-order valence-electron chi connectivity index (χ0n) is 8.27. The Balaban J connectivity index is 4.24. The molecule has 0 spiro atoms. The van der Waals surface area contributed by atoms with Gasteiger partial charge in [-0.1, -0.05) is 13.8 Å². The van der Waals surface area contributed by atoms with Crippen LogP contribution in [0.3, 0.4) is 0 Å². The predicted molar refractivity (Wildman–Crippen MR) is 48.3 cm³/mol. The Bertz CT molecular complexity index is 169. The molecule has 0 aromatic rings. The molecule has 13 heavy (non-hydrogen) atoms. The third-order valence-corrected chi connectivity index (χ3v) is 2.47. The van der Waals surface area contributed by atoms with Crippen LogP contribution in [0.25, 0.3) is 0 Å². The van der Waals surface area contributed by atoms with Crippen molar-refractivity contribution in [3.8, 4) is 0 Å². The fourth-order valence-electron chi connectivity index (χ4n) is 1.20. The van der Waals surface area contributed by atoms with Crippen molar-refractivity contribution in [2.75, 3.05) is 0 Å². The summed E-state index contributed by atoms with van der Waals surface area (Å²) in [5.74, 6) is -2.28. The van der Waals surface area contributed by atoms with E-state index >= 15 is 0 Å². The van der Waals surface area contributed by atoms with Crippen LogP contribution in [-0.2, 0) is 4.79 Å². The predicted octanol–water partition coefficient (Wildman–Crippen LogP) is 0.475. The molecule has 0 amide bonds. The lowest BCUT2D eigenvalue weighted by Gasteiger charge is -2.25. The van der Waals surface area contributed by atoms with E-state index in [2.05, 4.69) is 0 Å². The van der Waals surface area contributed by atoms with E-state index in [0.717, 1.165) is 0 Å². The number of carboxylic acid groups (broad SMARTS) is 1. The molecule has 0 aliphatic carbocycles. The minimum Gasteiger partial charge on any atom is -0.481 e. The van der Waals surface area contributed by atoms with Gasteiger partial charge in [0.1, 0.15) is 0 Å². The molecule has 3 N–H and O–H groups in total. The molecule has 0 saturated heterocycles.